The van der Waals surface area contributed by atoms with Crippen molar-refractivity contribution in [1.82, 2.24) is 20.5 Å². The summed E-state index contributed by atoms with van der Waals surface area (Å²) in [5.41, 5.74) is 2.56. The number of aromatic amines is 1. The number of rotatable bonds is 6. The van der Waals surface area contributed by atoms with Crippen LogP contribution in [0, 0.1) is 5.92 Å². The van der Waals surface area contributed by atoms with Crippen LogP contribution in [0.1, 0.15) is 24.8 Å². The molecule has 0 atom stereocenters. The fourth-order valence-electron chi connectivity index (χ4n) is 3.62. The molecule has 1 aliphatic heterocycles. The molecule has 136 valence electrons. The highest BCUT2D eigenvalue weighted by atomic mass is 15.2. The van der Waals surface area contributed by atoms with E-state index in [0.717, 1.165) is 31.4 Å². The maximum absolute atomic E-state index is 4.34. The number of aliphatic imine (C=N–C) groups is 1. The molecule has 1 aliphatic rings. The van der Waals surface area contributed by atoms with Crippen LogP contribution in [0.15, 0.2) is 35.5 Å². The van der Waals surface area contributed by atoms with Gasteiger partial charge < -0.3 is 20.5 Å². The summed E-state index contributed by atoms with van der Waals surface area (Å²) in [5, 5.41) is 8.21. The molecule has 0 saturated carbocycles. The second-order valence-electron chi connectivity index (χ2n) is 7.07. The Hall–Kier alpha value is -2.01. The summed E-state index contributed by atoms with van der Waals surface area (Å²) in [7, 11) is 4.06. The van der Waals surface area contributed by atoms with E-state index in [-0.39, 0.29) is 0 Å². The van der Waals surface area contributed by atoms with Crippen molar-refractivity contribution >= 4 is 16.9 Å². The molecule has 5 heteroatoms. The van der Waals surface area contributed by atoms with Gasteiger partial charge in [0.1, 0.15) is 0 Å². The molecule has 1 fully saturated rings. The van der Waals surface area contributed by atoms with E-state index >= 15 is 0 Å². The monoisotopic (exact) mass is 341 g/mol. The normalized spacial score (nSPS) is 17.1. The molecule has 0 aliphatic carbocycles. The van der Waals surface area contributed by atoms with E-state index in [1.807, 2.05) is 7.05 Å². The smallest absolute Gasteiger partial charge is 0.190 e. The first-order valence-corrected chi connectivity index (χ1v) is 9.44. The highest BCUT2D eigenvalue weighted by Crippen LogP contribution is 2.19. The zero-order valence-electron chi connectivity index (χ0n) is 15.5. The molecule has 0 bridgehead atoms. The van der Waals surface area contributed by atoms with Crippen molar-refractivity contribution in [1.29, 1.82) is 0 Å². The van der Waals surface area contributed by atoms with Crippen LogP contribution in [0.2, 0.25) is 0 Å². The minimum atomic E-state index is 0.855. The highest BCUT2D eigenvalue weighted by molar-refractivity contribution is 5.83. The average molecular weight is 342 g/mol. The summed E-state index contributed by atoms with van der Waals surface area (Å²) < 4.78 is 0. The van der Waals surface area contributed by atoms with E-state index in [9.17, 15) is 0 Å². The molecule has 1 aromatic heterocycles. The molecule has 0 amide bonds. The molecule has 1 saturated heterocycles. The van der Waals surface area contributed by atoms with Crippen LogP contribution in [0.3, 0.4) is 0 Å². The Kier molecular flexibility index (Phi) is 6.34. The van der Waals surface area contributed by atoms with Gasteiger partial charge in [0.2, 0.25) is 0 Å². The van der Waals surface area contributed by atoms with Crippen LogP contribution >= 0.6 is 0 Å². The van der Waals surface area contributed by atoms with E-state index in [0.29, 0.717) is 0 Å². The molecule has 0 spiro atoms. The predicted octanol–water partition coefficient (Wildman–Crippen LogP) is 2.61. The molecule has 3 N–H and O–H groups in total. The van der Waals surface area contributed by atoms with Crippen LogP contribution in [0.5, 0.6) is 0 Å². The van der Waals surface area contributed by atoms with E-state index in [1.165, 1.54) is 48.8 Å². The van der Waals surface area contributed by atoms with Crippen LogP contribution in [0.4, 0.5) is 0 Å². The van der Waals surface area contributed by atoms with E-state index in [1.54, 1.807) is 0 Å². The first kappa shape index (κ1) is 17.8. The lowest BCUT2D eigenvalue weighted by atomic mass is 9.94. The molecular weight excluding hydrogens is 310 g/mol. The number of nitrogens with one attached hydrogen (secondary N) is 3. The Morgan fingerprint density at radius 3 is 2.76 bits per heavy atom. The number of hydrogen-bond acceptors (Lipinski definition) is 2. The first-order valence-electron chi connectivity index (χ1n) is 9.44. The van der Waals surface area contributed by atoms with Gasteiger partial charge in [0.05, 0.1) is 0 Å². The van der Waals surface area contributed by atoms with Crippen molar-refractivity contribution in [2.24, 2.45) is 10.9 Å². The van der Waals surface area contributed by atoms with Gasteiger partial charge in [0.15, 0.2) is 5.96 Å². The van der Waals surface area contributed by atoms with Gasteiger partial charge >= 0.3 is 0 Å². The number of hydrogen-bond donors (Lipinski definition) is 3. The molecule has 2 aromatic rings. The fraction of sp³-hybridized carbons (Fsp3) is 0.550. The highest BCUT2D eigenvalue weighted by Gasteiger charge is 2.16. The number of para-hydroxylation sites is 1. The van der Waals surface area contributed by atoms with Gasteiger partial charge in [-0.25, -0.2) is 0 Å². The SMILES string of the molecule is CN=C(NCCc1c[nH]c2ccccc12)NCCC1CCN(C)CC1. The molecule has 0 unspecified atom stereocenters. The van der Waals surface area contributed by atoms with Crippen molar-refractivity contribution in [3.63, 3.8) is 0 Å². The molecule has 3 rings (SSSR count). The van der Waals surface area contributed by atoms with E-state index in [2.05, 4.69) is 63.0 Å². The van der Waals surface area contributed by atoms with Gasteiger partial charge in [-0.2, -0.15) is 0 Å². The Bertz CT molecular complexity index is 682. The molecule has 0 radical (unpaired) electrons. The Labute approximate surface area is 150 Å². The van der Waals surface area contributed by atoms with Crippen molar-refractivity contribution in [3.8, 4) is 0 Å². The van der Waals surface area contributed by atoms with Gasteiger partial charge in [0, 0.05) is 37.2 Å². The number of fused-ring (bicyclic) bond motifs is 1. The Morgan fingerprint density at radius 2 is 1.96 bits per heavy atom. The number of H-pyrrole nitrogens is 1. The summed E-state index contributed by atoms with van der Waals surface area (Å²) in [4.78, 5) is 10.1. The molecule has 25 heavy (non-hydrogen) atoms. The first-order chi connectivity index (χ1) is 12.3. The van der Waals surface area contributed by atoms with Crippen LogP contribution in [-0.2, 0) is 6.42 Å². The summed E-state index contributed by atoms with van der Waals surface area (Å²) >= 11 is 0. The predicted molar refractivity (Wildman–Crippen MR) is 106 cm³/mol. The Balaban J connectivity index is 1.38. The second-order valence-corrected chi connectivity index (χ2v) is 7.07. The molecule has 5 nitrogen and oxygen atoms in total. The van der Waals surface area contributed by atoms with E-state index < -0.39 is 0 Å². The lowest BCUT2D eigenvalue weighted by Crippen LogP contribution is -2.39. The summed E-state index contributed by atoms with van der Waals surface area (Å²) in [5.74, 6) is 1.76. The minimum absolute atomic E-state index is 0.855. The molecule has 1 aromatic carbocycles. The third-order valence-electron chi connectivity index (χ3n) is 5.27. The van der Waals surface area contributed by atoms with Gasteiger partial charge in [0.25, 0.3) is 0 Å². The molecular formula is C20H31N5. The fourth-order valence-corrected chi connectivity index (χ4v) is 3.62. The largest absolute Gasteiger partial charge is 0.361 e. The maximum atomic E-state index is 4.34. The van der Waals surface area contributed by atoms with Crippen molar-refractivity contribution in [3.05, 3.63) is 36.0 Å². The van der Waals surface area contributed by atoms with Crippen molar-refractivity contribution in [2.45, 2.75) is 25.7 Å². The van der Waals surface area contributed by atoms with Crippen molar-refractivity contribution in [2.75, 3.05) is 40.3 Å². The topological polar surface area (TPSA) is 55.5 Å². The second kappa shape index (κ2) is 8.90. The van der Waals surface area contributed by atoms with Gasteiger partial charge in [-0.15, -0.1) is 0 Å². The van der Waals surface area contributed by atoms with Gasteiger partial charge in [-0.3, -0.25) is 4.99 Å². The van der Waals surface area contributed by atoms with Gasteiger partial charge in [-0.05, 0) is 63.4 Å². The lowest BCUT2D eigenvalue weighted by molar-refractivity contribution is 0.213. The zero-order chi connectivity index (χ0) is 17.5. The number of nitrogens with zero attached hydrogens (tertiary/aromatic N) is 2. The number of guanidine groups is 1. The Morgan fingerprint density at radius 1 is 1.20 bits per heavy atom. The lowest BCUT2D eigenvalue weighted by Gasteiger charge is -2.29. The summed E-state index contributed by atoms with van der Waals surface area (Å²) in [6.45, 7) is 4.36. The summed E-state index contributed by atoms with van der Waals surface area (Å²) in [6.07, 6.45) is 6.98. The number of aromatic nitrogens is 1. The van der Waals surface area contributed by atoms with Crippen LogP contribution < -0.4 is 10.6 Å². The van der Waals surface area contributed by atoms with Gasteiger partial charge in [-0.1, -0.05) is 18.2 Å². The van der Waals surface area contributed by atoms with E-state index in [4.69, 9.17) is 0 Å². The minimum Gasteiger partial charge on any atom is -0.361 e. The number of likely N-dealkylation sites (tertiary alicyclic amines) is 1. The summed E-state index contributed by atoms with van der Waals surface area (Å²) in [6, 6.07) is 8.46. The van der Waals surface area contributed by atoms with Crippen molar-refractivity contribution < 1.29 is 0 Å². The number of benzene rings is 1. The molecule has 2 heterocycles. The van der Waals surface area contributed by atoms with Crippen LogP contribution in [-0.4, -0.2) is 56.1 Å². The standard InChI is InChI=1S/C20H31N5/c1-21-20(22-11-7-16-9-13-25(2)14-10-16)23-12-8-17-15-24-19-6-4-3-5-18(17)19/h3-6,15-16,24H,7-14H2,1-2H3,(H2,21,22,23). The maximum Gasteiger partial charge on any atom is 0.190 e. The van der Waals surface area contributed by atoms with Crippen LogP contribution in [0.25, 0.3) is 10.9 Å². The third kappa shape index (κ3) is 4.98. The quantitative estimate of drug-likeness (QED) is 0.559. The number of piperidine rings is 1. The zero-order valence-corrected chi connectivity index (χ0v) is 15.5. The third-order valence-corrected chi connectivity index (χ3v) is 5.27. The average Bonchev–Trinajstić information content (AvgIpc) is 3.05.